The van der Waals surface area contributed by atoms with Crippen molar-refractivity contribution in [3.63, 3.8) is 0 Å². The molecule has 1 aliphatic rings. The highest BCUT2D eigenvalue weighted by Gasteiger charge is 2.33. The zero-order valence-electron chi connectivity index (χ0n) is 10.6. The van der Waals surface area contributed by atoms with Gasteiger partial charge in [-0.25, -0.2) is 4.68 Å². The molecule has 5 heteroatoms. The Morgan fingerprint density at radius 1 is 1.65 bits per heavy atom. The van der Waals surface area contributed by atoms with Gasteiger partial charge in [-0.3, -0.25) is 4.79 Å². The summed E-state index contributed by atoms with van der Waals surface area (Å²) < 4.78 is 6.97. The maximum atomic E-state index is 11.8. The maximum absolute atomic E-state index is 11.8. The number of hydrogen-bond acceptors (Lipinski definition) is 4. The molecule has 1 N–H and O–H groups in total. The van der Waals surface area contributed by atoms with E-state index >= 15 is 0 Å². The average molecular weight is 237 g/mol. The topological polar surface area (TPSA) is 56.1 Å². The first-order valence-electron chi connectivity index (χ1n) is 6.15. The molecule has 0 spiro atoms. The van der Waals surface area contributed by atoms with Crippen molar-refractivity contribution < 1.29 is 9.53 Å². The van der Waals surface area contributed by atoms with Crippen LogP contribution in [-0.2, 0) is 16.0 Å². The van der Waals surface area contributed by atoms with Crippen LogP contribution in [0.25, 0.3) is 0 Å². The van der Waals surface area contributed by atoms with E-state index in [-0.39, 0.29) is 17.9 Å². The average Bonchev–Trinajstić information content (AvgIpc) is 2.73. The van der Waals surface area contributed by atoms with Crippen molar-refractivity contribution in [2.75, 3.05) is 18.5 Å². The molecule has 94 valence electrons. The van der Waals surface area contributed by atoms with Gasteiger partial charge in [-0.1, -0.05) is 6.92 Å². The summed E-state index contributed by atoms with van der Waals surface area (Å²) in [5, 5.41) is 7.63. The van der Waals surface area contributed by atoms with Gasteiger partial charge in [0.25, 0.3) is 0 Å². The van der Waals surface area contributed by atoms with Crippen LogP contribution in [0.1, 0.15) is 32.4 Å². The molecule has 0 saturated heterocycles. The molecular weight excluding hydrogens is 218 g/mol. The third-order valence-electron chi connectivity index (χ3n) is 3.30. The monoisotopic (exact) mass is 237 g/mol. The SMILES string of the molecule is CCOC(=O)C1CNc2c(CC)cnn2C1C. The fraction of sp³-hybridized carbons (Fsp3) is 0.667. The molecule has 0 amide bonds. The Hall–Kier alpha value is -1.52. The molecule has 0 saturated carbocycles. The van der Waals surface area contributed by atoms with Gasteiger partial charge in [0, 0.05) is 12.1 Å². The Balaban J connectivity index is 2.21. The number of rotatable bonds is 3. The van der Waals surface area contributed by atoms with E-state index in [1.807, 2.05) is 24.7 Å². The van der Waals surface area contributed by atoms with Crippen LogP contribution in [0.3, 0.4) is 0 Å². The highest BCUT2D eigenvalue weighted by atomic mass is 16.5. The van der Waals surface area contributed by atoms with E-state index in [0.717, 1.165) is 12.2 Å². The number of esters is 1. The molecule has 2 rings (SSSR count). The number of carbonyl (C=O) groups is 1. The first-order chi connectivity index (χ1) is 8.19. The number of aryl methyl sites for hydroxylation is 1. The molecule has 0 radical (unpaired) electrons. The summed E-state index contributed by atoms with van der Waals surface area (Å²) in [6.45, 7) is 6.99. The van der Waals surface area contributed by atoms with Gasteiger partial charge in [0.1, 0.15) is 5.82 Å². The van der Waals surface area contributed by atoms with Crippen LogP contribution >= 0.6 is 0 Å². The van der Waals surface area contributed by atoms with E-state index < -0.39 is 0 Å². The minimum absolute atomic E-state index is 0.0469. The molecule has 0 aromatic carbocycles. The van der Waals surface area contributed by atoms with E-state index in [1.54, 1.807) is 0 Å². The predicted octanol–water partition coefficient (Wildman–Crippen LogP) is 1.61. The highest BCUT2D eigenvalue weighted by molar-refractivity contribution is 5.74. The molecule has 0 aliphatic carbocycles. The second-order valence-electron chi connectivity index (χ2n) is 4.30. The van der Waals surface area contributed by atoms with Crippen LogP contribution in [0.15, 0.2) is 6.20 Å². The third-order valence-corrected chi connectivity index (χ3v) is 3.30. The van der Waals surface area contributed by atoms with Gasteiger partial charge in [0.15, 0.2) is 0 Å². The predicted molar refractivity (Wildman–Crippen MR) is 64.9 cm³/mol. The van der Waals surface area contributed by atoms with Crippen LogP contribution in [-0.4, -0.2) is 28.9 Å². The zero-order chi connectivity index (χ0) is 12.4. The van der Waals surface area contributed by atoms with Crippen molar-refractivity contribution in [1.82, 2.24) is 9.78 Å². The van der Waals surface area contributed by atoms with Crippen LogP contribution in [0, 0.1) is 5.92 Å². The maximum Gasteiger partial charge on any atom is 0.312 e. The molecule has 1 aliphatic heterocycles. The summed E-state index contributed by atoms with van der Waals surface area (Å²) >= 11 is 0. The first-order valence-corrected chi connectivity index (χ1v) is 6.15. The van der Waals surface area contributed by atoms with E-state index in [2.05, 4.69) is 17.3 Å². The molecule has 2 heterocycles. The number of ether oxygens (including phenoxy) is 1. The van der Waals surface area contributed by atoms with Gasteiger partial charge >= 0.3 is 5.97 Å². The van der Waals surface area contributed by atoms with E-state index in [9.17, 15) is 4.79 Å². The van der Waals surface area contributed by atoms with Crippen molar-refractivity contribution in [2.24, 2.45) is 5.92 Å². The number of anilines is 1. The van der Waals surface area contributed by atoms with Gasteiger partial charge < -0.3 is 10.1 Å². The minimum atomic E-state index is -0.160. The number of aromatic nitrogens is 2. The Labute approximate surface area is 101 Å². The first kappa shape index (κ1) is 12.0. The highest BCUT2D eigenvalue weighted by Crippen LogP contribution is 2.30. The lowest BCUT2D eigenvalue weighted by atomic mass is 9.99. The Morgan fingerprint density at radius 2 is 2.41 bits per heavy atom. The van der Waals surface area contributed by atoms with Crippen LogP contribution in [0.2, 0.25) is 0 Å². The molecular formula is C12H19N3O2. The largest absolute Gasteiger partial charge is 0.466 e. The molecule has 0 bridgehead atoms. The zero-order valence-corrected chi connectivity index (χ0v) is 10.6. The van der Waals surface area contributed by atoms with E-state index in [4.69, 9.17) is 4.74 Å². The van der Waals surface area contributed by atoms with Gasteiger partial charge in [0.2, 0.25) is 0 Å². The smallest absolute Gasteiger partial charge is 0.312 e. The van der Waals surface area contributed by atoms with Crippen molar-refractivity contribution in [2.45, 2.75) is 33.2 Å². The molecule has 0 fully saturated rings. The number of hydrogen-bond donors (Lipinski definition) is 1. The van der Waals surface area contributed by atoms with Crippen LogP contribution < -0.4 is 5.32 Å². The molecule has 2 unspecified atom stereocenters. The summed E-state index contributed by atoms with van der Waals surface area (Å²) in [4.78, 5) is 11.8. The number of fused-ring (bicyclic) bond motifs is 1. The number of nitrogens with zero attached hydrogens (tertiary/aromatic N) is 2. The second-order valence-corrected chi connectivity index (χ2v) is 4.30. The van der Waals surface area contributed by atoms with E-state index in [0.29, 0.717) is 13.2 Å². The lowest BCUT2D eigenvalue weighted by molar-refractivity contribution is -0.149. The fourth-order valence-electron chi connectivity index (χ4n) is 2.24. The van der Waals surface area contributed by atoms with Crippen molar-refractivity contribution in [3.05, 3.63) is 11.8 Å². The standard InChI is InChI=1S/C12H19N3O2/c1-4-9-6-14-15-8(3)10(7-13-11(9)15)12(16)17-5-2/h6,8,10,13H,4-5,7H2,1-3H3. The summed E-state index contributed by atoms with van der Waals surface area (Å²) in [6, 6.07) is 0.0469. The van der Waals surface area contributed by atoms with Gasteiger partial charge in [-0.2, -0.15) is 5.10 Å². The Kier molecular flexibility index (Phi) is 3.36. The summed E-state index contributed by atoms with van der Waals surface area (Å²) in [7, 11) is 0. The number of carbonyl (C=O) groups excluding carboxylic acids is 1. The normalized spacial score (nSPS) is 22.8. The third kappa shape index (κ3) is 2.01. The second kappa shape index (κ2) is 4.77. The minimum Gasteiger partial charge on any atom is -0.466 e. The fourth-order valence-corrected chi connectivity index (χ4v) is 2.24. The lowest BCUT2D eigenvalue weighted by Crippen LogP contribution is -2.37. The summed E-state index contributed by atoms with van der Waals surface area (Å²) in [5.41, 5.74) is 1.19. The molecule has 5 nitrogen and oxygen atoms in total. The Bertz CT molecular complexity index is 414. The Morgan fingerprint density at radius 3 is 3.06 bits per heavy atom. The molecule has 2 atom stereocenters. The van der Waals surface area contributed by atoms with E-state index in [1.165, 1.54) is 5.56 Å². The van der Waals surface area contributed by atoms with Crippen LogP contribution in [0.5, 0.6) is 0 Å². The van der Waals surface area contributed by atoms with Gasteiger partial charge in [-0.05, 0) is 20.3 Å². The van der Waals surface area contributed by atoms with Gasteiger partial charge in [-0.15, -0.1) is 0 Å². The molecule has 17 heavy (non-hydrogen) atoms. The summed E-state index contributed by atoms with van der Waals surface area (Å²) in [5.74, 6) is 0.735. The lowest BCUT2D eigenvalue weighted by Gasteiger charge is -2.30. The van der Waals surface area contributed by atoms with Crippen molar-refractivity contribution in [1.29, 1.82) is 0 Å². The summed E-state index contributed by atoms with van der Waals surface area (Å²) in [6.07, 6.45) is 2.81. The molecule has 1 aromatic rings. The van der Waals surface area contributed by atoms with Crippen molar-refractivity contribution in [3.8, 4) is 0 Å². The van der Waals surface area contributed by atoms with Crippen molar-refractivity contribution >= 4 is 11.8 Å². The molecule has 1 aromatic heterocycles. The van der Waals surface area contributed by atoms with Crippen LogP contribution in [0.4, 0.5) is 5.82 Å². The van der Waals surface area contributed by atoms with Gasteiger partial charge in [0.05, 0.1) is 24.8 Å². The quantitative estimate of drug-likeness (QED) is 0.811. The number of nitrogens with one attached hydrogen (secondary N) is 1.